The van der Waals surface area contributed by atoms with Gasteiger partial charge in [-0.2, -0.15) is 0 Å². The van der Waals surface area contributed by atoms with Crippen LogP contribution < -0.4 is 5.32 Å². The Hall–Kier alpha value is -2.13. The molecule has 0 saturated heterocycles. The molecule has 3 heteroatoms. The maximum atomic E-state index is 4.99. The van der Waals surface area contributed by atoms with Gasteiger partial charge in [-0.3, -0.25) is 4.40 Å². The quantitative estimate of drug-likeness (QED) is 0.379. The van der Waals surface area contributed by atoms with E-state index in [1.807, 2.05) is 0 Å². The molecule has 0 aliphatic carbocycles. The zero-order valence-corrected chi connectivity index (χ0v) is 13.6. The zero-order valence-electron chi connectivity index (χ0n) is 12.6. The molecule has 0 amide bonds. The van der Waals surface area contributed by atoms with E-state index in [4.69, 9.17) is 4.98 Å². The van der Waals surface area contributed by atoms with Crippen LogP contribution in [-0.4, -0.2) is 17.5 Å². The monoisotopic (exact) mass is 290 g/mol. The predicted molar refractivity (Wildman–Crippen MR) is 93.2 cm³/mol. The summed E-state index contributed by atoms with van der Waals surface area (Å²) in [5.74, 6) is 0. The van der Waals surface area contributed by atoms with Crippen LogP contribution in [0, 0.1) is 0 Å². The SMILES string of the molecule is C[Si](C)(C)c1cn2c3ccccc3c3ccccc3c2n1. The number of hydrogen-bond donors (Lipinski definition) is 0. The number of fused-ring (bicyclic) bond motifs is 6. The summed E-state index contributed by atoms with van der Waals surface area (Å²) in [6.45, 7) is 7.04. The van der Waals surface area contributed by atoms with Gasteiger partial charge in [-0.25, -0.2) is 4.98 Å². The van der Waals surface area contributed by atoms with Gasteiger partial charge in [-0.1, -0.05) is 62.1 Å². The van der Waals surface area contributed by atoms with Gasteiger partial charge >= 0.3 is 0 Å². The molecule has 21 heavy (non-hydrogen) atoms. The molecule has 0 aliphatic rings. The van der Waals surface area contributed by atoms with Gasteiger partial charge in [0.05, 0.1) is 5.52 Å². The van der Waals surface area contributed by atoms with Crippen LogP contribution in [0.1, 0.15) is 0 Å². The lowest BCUT2D eigenvalue weighted by Gasteiger charge is -2.10. The second-order valence-electron chi connectivity index (χ2n) is 6.63. The Kier molecular flexibility index (Phi) is 2.51. The highest BCUT2D eigenvalue weighted by Gasteiger charge is 2.21. The molecule has 0 bridgehead atoms. The minimum atomic E-state index is -1.42. The minimum Gasteiger partial charge on any atom is -0.299 e. The van der Waals surface area contributed by atoms with Gasteiger partial charge < -0.3 is 0 Å². The van der Waals surface area contributed by atoms with Crippen molar-refractivity contribution in [2.75, 3.05) is 0 Å². The van der Waals surface area contributed by atoms with Crippen LogP contribution in [0.4, 0.5) is 0 Å². The van der Waals surface area contributed by atoms with E-state index in [1.165, 1.54) is 27.0 Å². The van der Waals surface area contributed by atoms with E-state index in [-0.39, 0.29) is 0 Å². The van der Waals surface area contributed by atoms with Crippen LogP contribution in [0.2, 0.25) is 19.6 Å². The molecule has 0 spiro atoms. The van der Waals surface area contributed by atoms with Gasteiger partial charge in [0, 0.05) is 22.3 Å². The van der Waals surface area contributed by atoms with Crippen LogP contribution in [0.5, 0.6) is 0 Å². The molecular weight excluding hydrogens is 272 g/mol. The molecule has 4 rings (SSSR count). The van der Waals surface area contributed by atoms with Crippen molar-refractivity contribution in [3.05, 3.63) is 54.7 Å². The van der Waals surface area contributed by atoms with E-state index in [1.54, 1.807) is 0 Å². The Balaban J connectivity index is 2.29. The number of rotatable bonds is 1. The Labute approximate surface area is 125 Å². The highest BCUT2D eigenvalue weighted by atomic mass is 28.3. The van der Waals surface area contributed by atoms with Crippen molar-refractivity contribution >= 4 is 40.7 Å². The Morgan fingerprint density at radius 1 is 0.810 bits per heavy atom. The molecule has 0 N–H and O–H groups in total. The van der Waals surface area contributed by atoms with Crippen molar-refractivity contribution in [1.82, 2.24) is 9.38 Å². The van der Waals surface area contributed by atoms with Crippen molar-refractivity contribution in [1.29, 1.82) is 0 Å². The Bertz CT molecular complexity index is 904. The first-order chi connectivity index (χ1) is 10.1. The summed E-state index contributed by atoms with van der Waals surface area (Å²) in [4.78, 5) is 4.99. The summed E-state index contributed by atoms with van der Waals surface area (Å²) in [7, 11) is -1.42. The molecule has 0 unspecified atom stereocenters. The summed E-state index contributed by atoms with van der Waals surface area (Å²) < 4.78 is 2.27. The van der Waals surface area contributed by atoms with Crippen molar-refractivity contribution in [2.45, 2.75) is 19.6 Å². The average molecular weight is 290 g/mol. The maximum absolute atomic E-state index is 4.99. The molecule has 2 aromatic carbocycles. The molecular formula is C18H18N2Si. The first kappa shape index (κ1) is 12.6. The number of para-hydroxylation sites is 1. The first-order valence-electron chi connectivity index (χ1n) is 7.35. The molecule has 0 aliphatic heterocycles. The fourth-order valence-corrected chi connectivity index (χ4v) is 3.90. The molecule has 104 valence electrons. The molecule has 0 fully saturated rings. The topological polar surface area (TPSA) is 17.3 Å². The number of benzene rings is 2. The van der Waals surface area contributed by atoms with E-state index >= 15 is 0 Å². The van der Waals surface area contributed by atoms with Gasteiger partial charge in [0.25, 0.3) is 0 Å². The fourth-order valence-electron chi connectivity index (χ4n) is 2.94. The number of pyridine rings is 1. The highest BCUT2D eigenvalue weighted by molar-refractivity contribution is 6.88. The summed E-state index contributed by atoms with van der Waals surface area (Å²) in [6, 6.07) is 17.2. The molecule has 2 aromatic heterocycles. The van der Waals surface area contributed by atoms with Gasteiger partial charge in [-0.15, -0.1) is 0 Å². The van der Waals surface area contributed by atoms with Crippen LogP contribution in [-0.2, 0) is 0 Å². The minimum absolute atomic E-state index is 1.08. The maximum Gasteiger partial charge on any atom is 0.144 e. The summed E-state index contributed by atoms with van der Waals surface area (Å²) in [5.41, 5.74) is 2.32. The van der Waals surface area contributed by atoms with Gasteiger partial charge in [-0.05, 0) is 11.5 Å². The lowest BCUT2D eigenvalue weighted by atomic mass is 10.1. The summed E-state index contributed by atoms with van der Waals surface area (Å²) >= 11 is 0. The van der Waals surface area contributed by atoms with Crippen LogP contribution in [0.3, 0.4) is 0 Å². The second kappa shape index (κ2) is 4.18. The summed E-state index contributed by atoms with van der Waals surface area (Å²) in [6.07, 6.45) is 2.25. The lowest BCUT2D eigenvalue weighted by Crippen LogP contribution is -2.38. The Morgan fingerprint density at radius 3 is 2.14 bits per heavy atom. The third kappa shape index (κ3) is 1.81. The van der Waals surface area contributed by atoms with Crippen molar-refractivity contribution in [3.63, 3.8) is 0 Å². The van der Waals surface area contributed by atoms with Gasteiger partial charge in [0.2, 0.25) is 0 Å². The number of imidazole rings is 1. The van der Waals surface area contributed by atoms with Crippen LogP contribution >= 0.6 is 0 Å². The normalized spacial score (nSPS) is 12.5. The molecule has 0 atom stereocenters. The summed E-state index contributed by atoms with van der Waals surface area (Å²) in [5, 5.41) is 5.08. The highest BCUT2D eigenvalue weighted by Crippen LogP contribution is 2.28. The molecule has 0 radical (unpaired) electrons. The van der Waals surface area contributed by atoms with Gasteiger partial charge in [0.1, 0.15) is 13.7 Å². The Morgan fingerprint density at radius 2 is 1.43 bits per heavy atom. The number of hydrogen-bond acceptors (Lipinski definition) is 1. The average Bonchev–Trinajstić information content (AvgIpc) is 2.93. The van der Waals surface area contributed by atoms with Gasteiger partial charge in [0.15, 0.2) is 0 Å². The van der Waals surface area contributed by atoms with Crippen molar-refractivity contribution < 1.29 is 0 Å². The smallest absolute Gasteiger partial charge is 0.144 e. The van der Waals surface area contributed by atoms with E-state index in [2.05, 4.69) is 78.8 Å². The molecule has 2 nitrogen and oxygen atoms in total. The number of aromatic nitrogens is 2. The van der Waals surface area contributed by atoms with E-state index < -0.39 is 8.07 Å². The third-order valence-electron chi connectivity index (χ3n) is 4.10. The van der Waals surface area contributed by atoms with E-state index in [0.717, 1.165) is 5.65 Å². The first-order valence-corrected chi connectivity index (χ1v) is 10.8. The van der Waals surface area contributed by atoms with Crippen LogP contribution in [0.15, 0.2) is 54.7 Å². The fraction of sp³-hybridized carbons (Fsp3) is 0.167. The predicted octanol–water partition coefficient (Wildman–Crippen LogP) is 4.19. The molecule has 4 aromatic rings. The number of nitrogens with zero attached hydrogens (tertiary/aromatic N) is 2. The van der Waals surface area contributed by atoms with E-state index in [9.17, 15) is 0 Å². The third-order valence-corrected chi connectivity index (χ3v) is 5.87. The molecule has 2 heterocycles. The second-order valence-corrected chi connectivity index (χ2v) is 11.6. The largest absolute Gasteiger partial charge is 0.299 e. The lowest BCUT2D eigenvalue weighted by molar-refractivity contribution is 1.27. The zero-order chi connectivity index (χ0) is 14.6. The standard InChI is InChI=1S/C18H18N2Si/c1-21(2,3)17-12-20-16-11-7-6-9-14(16)13-8-4-5-10-15(13)18(20)19-17/h4-12H,1-3H3. The van der Waals surface area contributed by atoms with Crippen LogP contribution in [0.25, 0.3) is 27.3 Å². The van der Waals surface area contributed by atoms with Crippen molar-refractivity contribution in [3.8, 4) is 0 Å². The van der Waals surface area contributed by atoms with Crippen molar-refractivity contribution in [2.24, 2.45) is 0 Å². The molecule has 0 saturated carbocycles. The van der Waals surface area contributed by atoms with E-state index in [0.29, 0.717) is 0 Å².